The van der Waals surface area contributed by atoms with E-state index in [0.717, 1.165) is 31.8 Å². The first-order valence-electron chi connectivity index (χ1n) is 7.32. The van der Waals surface area contributed by atoms with Crippen molar-refractivity contribution < 1.29 is 4.74 Å². The molecule has 1 aliphatic carbocycles. The molecule has 2 aliphatic rings. The number of methoxy groups -OCH3 is 1. The molecule has 0 saturated heterocycles. The van der Waals surface area contributed by atoms with Crippen molar-refractivity contribution in [1.82, 2.24) is 15.3 Å². The minimum absolute atomic E-state index is 0.235. The normalized spacial score (nSPS) is 21.1. The van der Waals surface area contributed by atoms with E-state index in [9.17, 15) is 0 Å². The molecule has 1 fully saturated rings. The molecule has 0 amide bonds. The molecule has 0 spiro atoms. The van der Waals surface area contributed by atoms with Crippen LogP contribution in [0.15, 0.2) is 0 Å². The van der Waals surface area contributed by atoms with E-state index in [-0.39, 0.29) is 5.60 Å². The van der Waals surface area contributed by atoms with Crippen LogP contribution in [0.3, 0.4) is 0 Å². The van der Waals surface area contributed by atoms with Crippen LogP contribution >= 0.6 is 0 Å². The summed E-state index contributed by atoms with van der Waals surface area (Å²) in [6.07, 6.45) is 4.52. The molecule has 0 radical (unpaired) electrons. The van der Waals surface area contributed by atoms with Gasteiger partial charge in [0.1, 0.15) is 5.60 Å². The second-order valence-corrected chi connectivity index (χ2v) is 6.02. The fourth-order valence-electron chi connectivity index (χ4n) is 3.34. The van der Waals surface area contributed by atoms with E-state index in [1.807, 2.05) is 0 Å². The SMILES string of the molecule is COC1(c2nc3c(c(C(C)C)n2)CNC3)CCCC1. The van der Waals surface area contributed by atoms with Crippen molar-refractivity contribution >= 4 is 0 Å². The quantitative estimate of drug-likeness (QED) is 0.908. The van der Waals surface area contributed by atoms with Crippen LogP contribution in [0.4, 0.5) is 0 Å². The number of fused-ring (bicyclic) bond motifs is 1. The molecule has 1 aromatic rings. The van der Waals surface area contributed by atoms with Gasteiger partial charge in [-0.15, -0.1) is 0 Å². The molecule has 0 aromatic carbocycles. The number of hydrogen-bond donors (Lipinski definition) is 1. The molecule has 4 nitrogen and oxygen atoms in total. The number of hydrogen-bond acceptors (Lipinski definition) is 4. The zero-order chi connectivity index (χ0) is 13.5. The summed E-state index contributed by atoms with van der Waals surface area (Å²) in [6, 6.07) is 0. The number of aromatic nitrogens is 2. The van der Waals surface area contributed by atoms with Gasteiger partial charge in [-0.05, 0) is 31.6 Å². The lowest BCUT2D eigenvalue weighted by Crippen LogP contribution is -2.28. The van der Waals surface area contributed by atoms with E-state index in [2.05, 4.69) is 19.2 Å². The van der Waals surface area contributed by atoms with Crippen LogP contribution in [-0.2, 0) is 23.4 Å². The summed E-state index contributed by atoms with van der Waals surface area (Å²) in [5, 5.41) is 3.39. The van der Waals surface area contributed by atoms with Crippen LogP contribution in [0.25, 0.3) is 0 Å². The molecule has 3 rings (SSSR count). The van der Waals surface area contributed by atoms with Gasteiger partial charge in [0.05, 0.1) is 11.4 Å². The lowest BCUT2D eigenvalue weighted by atomic mass is 9.98. The summed E-state index contributed by atoms with van der Waals surface area (Å²) in [5.74, 6) is 1.35. The first-order chi connectivity index (χ1) is 9.16. The first-order valence-corrected chi connectivity index (χ1v) is 7.32. The van der Waals surface area contributed by atoms with Gasteiger partial charge in [-0.1, -0.05) is 13.8 Å². The largest absolute Gasteiger partial charge is 0.370 e. The van der Waals surface area contributed by atoms with E-state index < -0.39 is 0 Å². The van der Waals surface area contributed by atoms with Crippen molar-refractivity contribution in [3.8, 4) is 0 Å². The molecule has 0 bridgehead atoms. The molecule has 104 valence electrons. The molecular formula is C15H23N3O. The Balaban J connectivity index is 2.10. The molecular weight excluding hydrogens is 238 g/mol. The van der Waals surface area contributed by atoms with E-state index in [1.54, 1.807) is 7.11 Å². The molecule has 1 aliphatic heterocycles. The number of rotatable bonds is 3. The van der Waals surface area contributed by atoms with Crippen molar-refractivity contribution in [3.63, 3.8) is 0 Å². The van der Waals surface area contributed by atoms with Crippen LogP contribution in [-0.4, -0.2) is 17.1 Å². The third kappa shape index (κ3) is 2.07. The zero-order valence-corrected chi connectivity index (χ0v) is 12.1. The Kier molecular flexibility index (Phi) is 3.31. The van der Waals surface area contributed by atoms with E-state index in [4.69, 9.17) is 14.7 Å². The van der Waals surface area contributed by atoms with Crippen molar-refractivity contribution in [2.45, 2.75) is 64.1 Å². The summed E-state index contributed by atoms with van der Waals surface area (Å²) in [4.78, 5) is 9.72. The Morgan fingerprint density at radius 2 is 1.89 bits per heavy atom. The first kappa shape index (κ1) is 13.0. The van der Waals surface area contributed by atoms with Crippen LogP contribution in [0, 0.1) is 0 Å². The maximum absolute atomic E-state index is 5.83. The van der Waals surface area contributed by atoms with E-state index >= 15 is 0 Å². The molecule has 1 N–H and O–H groups in total. The molecule has 1 saturated carbocycles. The average molecular weight is 261 g/mol. The maximum Gasteiger partial charge on any atom is 0.160 e. The van der Waals surface area contributed by atoms with E-state index in [1.165, 1.54) is 29.8 Å². The summed E-state index contributed by atoms with van der Waals surface area (Å²) < 4.78 is 5.83. The Morgan fingerprint density at radius 3 is 2.53 bits per heavy atom. The Bertz CT molecular complexity index is 479. The molecule has 0 atom stereocenters. The van der Waals surface area contributed by atoms with Gasteiger partial charge in [-0.3, -0.25) is 0 Å². The summed E-state index contributed by atoms with van der Waals surface area (Å²) in [5.41, 5.74) is 3.45. The third-order valence-corrected chi connectivity index (χ3v) is 4.48. The van der Waals surface area contributed by atoms with Gasteiger partial charge in [0.25, 0.3) is 0 Å². The molecule has 2 heterocycles. The van der Waals surface area contributed by atoms with Crippen LogP contribution in [0.5, 0.6) is 0 Å². The Labute approximate surface area is 115 Å². The Hall–Kier alpha value is -1.00. The minimum atomic E-state index is -0.235. The van der Waals surface area contributed by atoms with Crippen molar-refractivity contribution in [1.29, 1.82) is 0 Å². The number of nitrogens with zero attached hydrogens (tertiary/aromatic N) is 2. The van der Waals surface area contributed by atoms with Gasteiger partial charge in [0.2, 0.25) is 0 Å². The molecule has 0 unspecified atom stereocenters. The van der Waals surface area contributed by atoms with Gasteiger partial charge >= 0.3 is 0 Å². The highest BCUT2D eigenvalue weighted by molar-refractivity contribution is 5.32. The van der Waals surface area contributed by atoms with Gasteiger partial charge in [-0.25, -0.2) is 9.97 Å². The topological polar surface area (TPSA) is 47.0 Å². The van der Waals surface area contributed by atoms with Gasteiger partial charge < -0.3 is 10.1 Å². The summed E-state index contributed by atoms with van der Waals surface area (Å²) in [6.45, 7) is 6.19. The Morgan fingerprint density at radius 1 is 1.16 bits per heavy atom. The molecule has 1 aromatic heterocycles. The van der Waals surface area contributed by atoms with Gasteiger partial charge in [0.15, 0.2) is 5.82 Å². The number of nitrogens with one attached hydrogen (secondary N) is 1. The minimum Gasteiger partial charge on any atom is -0.370 e. The number of ether oxygens (including phenoxy) is 1. The molecule has 4 heteroatoms. The fraction of sp³-hybridized carbons (Fsp3) is 0.733. The predicted octanol–water partition coefficient (Wildman–Crippen LogP) is 2.62. The lowest BCUT2D eigenvalue weighted by molar-refractivity contribution is -0.0166. The van der Waals surface area contributed by atoms with Crippen molar-refractivity contribution in [2.75, 3.05) is 7.11 Å². The van der Waals surface area contributed by atoms with Crippen molar-refractivity contribution in [3.05, 3.63) is 22.8 Å². The fourth-order valence-corrected chi connectivity index (χ4v) is 3.34. The van der Waals surface area contributed by atoms with Crippen LogP contribution in [0.2, 0.25) is 0 Å². The highest BCUT2D eigenvalue weighted by Crippen LogP contribution is 2.41. The summed E-state index contributed by atoms with van der Waals surface area (Å²) >= 11 is 0. The second-order valence-electron chi connectivity index (χ2n) is 6.02. The zero-order valence-electron chi connectivity index (χ0n) is 12.1. The van der Waals surface area contributed by atoms with Crippen LogP contribution in [0.1, 0.15) is 68.2 Å². The third-order valence-electron chi connectivity index (χ3n) is 4.48. The standard InChI is InChI=1S/C15H23N3O/c1-10(2)13-11-8-16-9-12(11)17-14(18-13)15(19-3)6-4-5-7-15/h10,16H,4-9H2,1-3H3. The average Bonchev–Trinajstić information content (AvgIpc) is 3.06. The van der Waals surface area contributed by atoms with Gasteiger partial charge in [-0.2, -0.15) is 0 Å². The lowest BCUT2D eigenvalue weighted by Gasteiger charge is -2.27. The second kappa shape index (κ2) is 4.84. The molecule has 19 heavy (non-hydrogen) atoms. The monoisotopic (exact) mass is 261 g/mol. The maximum atomic E-state index is 5.83. The van der Waals surface area contributed by atoms with Crippen LogP contribution < -0.4 is 5.32 Å². The smallest absolute Gasteiger partial charge is 0.160 e. The van der Waals surface area contributed by atoms with Gasteiger partial charge in [0, 0.05) is 25.8 Å². The van der Waals surface area contributed by atoms with E-state index in [0.29, 0.717) is 5.92 Å². The summed E-state index contributed by atoms with van der Waals surface area (Å²) in [7, 11) is 1.80. The highest BCUT2D eigenvalue weighted by atomic mass is 16.5. The highest BCUT2D eigenvalue weighted by Gasteiger charge is 2.39. The predicted molar refractivity (Wildman–Crippen MR) is 73.8 cm³/mol. The van der Waals surface area contributed by atoms with Crippen molar-refractivity contribution in [2.24, 2.45) is 0 Å².